The number of carbonyl (C=O) groups is 3. The van der Waals surface area contributed by atoms with Gasteiger partial charge in [0.05, 0.1) is 17.5 Å². The minimum atomic E-state index is -0.572. The molecular weight excluding hydrogens is 266 g/mol. The van der Waals surface area contributed by atoms with Gasteiger partial charge in [0.15, 0.2) is 0 Å². The van der Waals surface area contributed by atoms with E-state index in [1.54, 1.807) is 36.0 Å². The van der Waals surface area contributed by atoms with Crippen molar-refractivity contribution in [2.24, 2.45) is 5.92 Å². The molecule has 2 amide bonds. The molecule has 1 aromatic carbocycles. The second kappa shape index (κ2) is 4.70. The van der Waals surface area contributed by atoms with Crippen molar-refractivity contribution in [3.05, 3.63) is 35.4 Å². The number of benzene rings is 1. The van der Waals surface area contributed by atoms with Crippen LogP contribution in [0.3, 0.4) is 0 Å². The lowest BCUT2D eigenvalue weighted by atomic mass is 10.1. The van der Waals surface area contributed by atoms with E-state index in [4.69, 9.17) is 4.84 Å². The average Bonchev–Trinajstić information content (AvgIpc) is 2.60. The van der Waals surface area contributed by atoms with Crippen LogP contribution in [0.1, 0.15) is 27.1 Å². The SMILES string of the molecule is O=C(CC1CSC1)ON1C(=O)c2ccccc2C1=O. The summed E-state index contributed by atoms with van der Waals surface area (Å²) in [7, 11) is 0. The number of hydrogen-bond acceptors (Lipinski definition) is 5. The number of rotatable bonds is 3. The molecule has 5 nitrogen and oxygen atoms in total. The number of hydrogen-bond donors (Lipinski definition) is 0. The van der Waals surface area contributed by atoms with Crippen LogP contribution in [0.2, 0.25) is 0 Å². The molecule has 1 saturated heterocycles. The Labute approximate surface area is 113 Å². The van der Waals surface area contributed by atoms with Crippen molar-refractivity contribution >= 4 is 29.5 Å². The Morgan fingerprint density at radius 2 is 1.79 bits per heavy atom. The Balaban J connectivity index is 1.71. The quantitative estimate of drug-likeness (QED) is 0.783. The fourth-order valence-electron chi connectivity index (χ4n) is 2.03. The van der Waals surface area contributed by atoms with Gasteiger partial charge in [-0.2, -0.15) is 11.8 Å². The number of thioether (sulfide) groups is 1. The predicted octanol–water partition coefficient (Wildman–Crippen LogP) is 1.49. The van der Waals surface area contributed by atoms with E-state index in [1.165, 1.54) is 0 Å². The summed E-state index contributed by atoms with van der Waals surface area (Å²) in [5, 5.41) is 0.568. The molecule has 2 heterocycles. The third-order valence-electron chi connectivity index (χ3n) is 3.11. The zero-order valence-corrected chi connectivity index (χ0v) is 10.8. The Kier molecular flexibility index (Phi) is 3.02. The van der Waals surface area contributed by atoms with Crippen LogP contribution in [0.4, 0.5) is 0 Å². The van der Waals surface area contributed by atoms with Gasteiger partial charge in [-0.05, 0) is 29.6 Å². The van der Waals surface area contributed by atoms with Crippen molar-refractivity contribution < 1.29 is 19.2 Å². The van der Waals surface area contributed by atoms with Crippen LogP contribution in [0.25, 0.3) is 0 Å². The van der Waals surface area contributed by atoms with Gasteiger partial charge in [-0.3, -0.25) is 9.59 Å². The standard InChI is InChI=1S/C13H11NO4S/c15-11(5-8-6-19-7-8)18-14-12(16)9-3-1-2-4-10(9)13(14)17/h1-4,8H,5-7H2. The molecule has 0 bridgehead atoms. The molecule has 0 atom stereocenters. The number of imide groups is 1. The van der Waals surface area contributed by atoms with Crippen LogP contribution in [0.15, 0.2) is 24.3 Å². The first kappa shape index (κ1) is 12.2. The zero-order valence-electron chi connectivity index (χ0n) is 10.00. The summed E-state index contributed by atoms with van der Waals surface area (Å²) in [6, 6.07) is 6.43. The van der Waals surface area contributed by atoms with E-state index >= 15 is 0 Å². The van der Waals surface area contributed by atoms with E-state index in [9.17, 15) is 14.4 Å². The Morgan fingerprint density at radius 3 is 2.26 bits per heavy atom. The predicted molar refractivity (Wildman–Crippen MR) is 68.5 cm³/mol. The van der Waals surface area contributed by atoms with Crippen molar-refractivity contribution in [1.82, 2.24) is 5.06 Å². The second-order valence-electron chi connectivity index (χ2n) is 4.52. The summed E-state index contributed by atoms with van der Waals surface area (Å²) >= 11 is 1.77. The van der Waals surface area contributed by atoms with E-state index in [2.05, 4.69) is 0 Å². The summed E-state index contributed by atoms with van der Waals surface area (Å²) < 4.78 is 0. The van der Waals surface area contributed by atoms with Crippen LogP contribution >= 0.6 is 11.8 Å². The Bertz CT molecular complexity index is 533. The van der Waals surface area contributed by atoms with Crippen molar-refractivity contribution in [2.45, 2.75) is 6.42 Å². The minimum absolute atomic E-state index is 0.250. The summed E-state index contributed by atoms with van der Waals surface area (Å²) in [6.45, 7) is 0. The molecule has 0 unspecified atom stereocenters. The van der Waals surface area contributed by atoms with Crippen LogP contribution in [0, 0.1) is 5.92 Å². The molecule has 0 radical (unpaired) electrons. The summed E-state index contributed by atoms with van der Waals surface area (Å²) in [5.74, 6) is 0.482. The first-order valence-electron chi connectivity index (χ1n) is 5.93. The molecule has 1 aromatic rings. The summed E-state index contributed by atoms with van der Waals surface area (Å²) in [5.41, 5.74) is 0.555. The molecule has 6 heteroatoms. The number of hydroxylamine groups is 2. The molecule has 0 saturated carbocycles. The lowest BCUT2D eigenvalue weighted by molar-refractivity contribution is -0.169. The van der Waals surface area contributed by atoms with Crippen LogP contribution in [0.5, 0.6) is 0 Å². The molecule has 0 aromatic heterocycles. The summed E-state index contributed by atoms with van der Waals surface area (Å²) in [6.07, 6.45) is 0.250. The van der Waals surface area contributed by atoms with Gasteiger partial charge in [0, 0.05) is 0 Å². The van der Waals surface area contributed by atoms with E-state index in [-0.39, 0.29) is 17.5 Å². The third-order valence-corrected chi connectivity index (χ3v) is 4.53. The lowest BCUT2D eigenvalue weighted by Gasteiger charge is -2.24. The average molecular weight is 277 g/mol. The monoisotopic (exact) mass is 277 g/mol. The number of carbonyl (C=O) groups excluding carboxylic acids is 3. The highest BCUT2D eigenvalue weighted by molar-refractivity contribution is 8.00. The first-order chi connectivity index (χ1) is 9.16. The molecule has 2 aliphatic heterocycles. The molecule has 2 aliphatic rings. The normalized spacial score (nSPS) is 18.2. The number of fused-ring (bicyclic) bond motifs is 1. The van der Waals surface area contributed by atoms with Crippen molar-refractivity contribution in [2.75, 3.05) is 11.5 Å². The molecule has 98 valence electrons. The highest BCUT2D eigenvalue weighted by Crippen LogP contribution is 2.28. The van der Waals surface area contributed by atoms with Gasteiger partial charge in [-0.1, -0.05) is 17.2 Å². The topological polar surface area (TPSA) is 63.7 Å². The molecule has 0 spiro atoms. The van der Waals surface area contributed by atoms with E-state index in [1.807, 2.05) is 0 Å². The maximum Gasteiger partial charge on any atom is 0.333 e. The van der Waals surface area contributed by atoms with Gasteiger partial charge in [-0.15, -0.1) is 0 Å². The lowest BCUT2D eigenvalue weighted by Crippen LogP contribution is -2.34. The second-order valence-corrected chi connectivity index (χ2v) is 5.60. The van der Waals surface area contributed by atoms with Crippen LogP contribution in [-0.4, -0.2) is 34.4 Å². The smallest absolute Gasteiger partial charge is 0.330 e. The Hall–Kier alpha value is -1.82. The molecule has 0 N–H and O–H groups in total. The number of nitrogens with zero attached hydrogens (tertiary/aromatic N) is 1. The molecule has 0 aliphatic carbocycles. The minimum Gasteiger partial charge on any atom is -0.330 e. The van der Waals surface area contributed by atoms with Gasteiger partial charge < -0.3 is 4.84 Å². The van der Waals surface area contributed by atoms with Crippen LogP contribution in [-0.2, 0) is 9.63 Å². The van der Waals surface area contributed by atoms with Gasteiger partial charge in [0.2, 0.25) is 0 Å². The molecular formula is C13H11NO4S. The zero-order chi connectivity index (χ0) is 13.4. The molecule has 1 fully saturated rings. The van der Waals surface area contributed by atoms with E-state index in [0.717, 1.165) is 11.5 Å². The highest BCUT2D eigenvalue weighted by atomic mass is 32.2. The first-order valence-corrected chi connectivity index (χ1v) is 7.08. The van der Waals surface area contributed by atoms with Gasteiger partial charge in [0.1, 0.15) is 0 Å². The number of amides is 2. The van der Waals surface area contributed by atoms with Crippen molar-refractivity contribution in [3.8, 4) is 0 Å². The van der Waals surface area contributed by atoms with Crippen LogP contribution < -0.4 is 0 Å². The highest BCUT2D eigenvalue weighted by Gasteiger charge is 2.39. The van der Waals surface area contributed by atoms with Crippen molar-refractivity contribution in [3.63, 3.8) is 0 Å². The van der Waals surface area contributed by atoms with Crippen molar-refractivity contribution in [1.29, 1.82) is 0 Å². The van der Waals surface area contributed by atoms with Gasteiger partial charge in [0.25, 0.3) is 11.8 Å². The van der Waals surface area contributed by atoms with Gasteiger partial charge >= 0.3 is 5.97 Å². The third kappa shape index (κ3) is 2.12. The summed E-state index contributed by atoms with van der Waals surface area (Å²) in [4.78, 5) is 40.4. The van der Waals surface area contributed by atoms with E-state index in [0.29, 0.717) is 11.0 Å². The molecule has 3 rings (SSSR count). The Morgan fingerprint density at radius 1 is 1.21 bits per heavy atom. The fraction of sp³-hybridized carbons (Fsp3) is 0.308. The molecule has 19 heavy (non-hydrogen) atoms. The fourth-order valence-corrected chi connectivity index (χ4v) is 2.83. The maximum absolute atomic E-state index is 11.9. The maximum atomic E-state index is 11.9. The van der Waals surface area contributed by atoms with Gasteiger partial charge in [-0.25, -0.2) is 4.79 Å². The van der Waals surface area contributed by atoms with E-state index < -0.39 is 17.8 Å². The largest absolute Gasteiger partial charge is 0.333 e.